The molecule has 1 aromatic rings. The molecule has 0 aliphatic carbocycles. The van der Waals surface area contributed by atoms with E-state index in [0.717, 1.165) is 6.42 Å². The number of rotatable bonds is 5. The van der Waals surface area contributed by atoms with Crippen molar-refractivity contribution in [1.82, 2.24) is 14.4 Å². The smallest absolute Gasteiger partial charge is 0.250 e. The minimum Gasteiger partial charge on any atom is -0.388 e. The molecule has 1 aliphatic heterocycles. The summed E-state index contributed by atoms with van der Waals surface area (Å²) in [7, 11) is 3.90. The van der Waals surface area contributed by atoms with Crippen molar-refractivity contribution >= 4 is 5.91 Å². The topological polar surface area (TPSA) is 65.8 Å². The number of hydrogen-bond donors (Lipinski definition) is 1. The number of amides is 1. The van der Waals surface area contributed by atoms with Crippen LogP contribution in [0.5, 0.6) is 0 Å². The fourth-order valence-electron chi connectivity index (χ4n) is 3.19. The molecule has 128 valence electrons. The molecule has 1 N–H and O–H groups in total. The number of hydrogen-bond acceptors (Lipinski definition) is 4. The predicted molar refractivity (Wildman–Crippen MR) is 89.3 cm³/mol. The predicted octanol–water partition coefficient (Wildman–Crippen LogP) is 0.544. The molecule has 0 spiro atoms. The van der Waals surface area contributed by atoms with Crippen LogP contribution in [0.2, 0.25) is 0 Å². The van der Waals surface area contributed by atoms with E-state index < -0.39 is 5.60 Å². The third kappa shape index (κ3) is 5.18. The molecule has 6 heteroatoms. The zero-order valence-corrected chi connectivity index (χ0v) is 14.1. The molecule has 0 saturated carbocycles. The third-order valence-corrected chi connectivity index (χ3v) is 4.35. The van der Waals surface area contributed by atoms with Crippen LogP contribution in [0.4, 0.5) is 0 Å². The summed E-state index contributed by atoms with van der Waals surface area (Å²) in [6, 6.07) is 4.98. The summed E-state index contributed by atoms with van der Waals surface area (Å²) in [4.78, 5) is 27.8. The normalized spacial score (nSPS) is 22.2. The number of aryl methyl sites for hydroxylation is 1. The molecule has 23 heavy (non-hydrogen) atoms. The van der Waals surface area contributed by atoms with Crippen molar-refractivity contribution in [3.05, 3.63) is 34.7 Å². The number of carbonyl (C=O) groups excluding carboxylic acids is 1. The maximum Gasteiger partial charge on any atom is 0.250 e. The van der Waals surface area contributed by atoms with Gasteiger partial charge >= 0.3 is 0 Å². The van der Waals surface area contributed by atoms with Crippen molar-refractivity contribution in [1.29, 1.82) is 0 Å². The molecule has 1 saturated heterocycles. The quantitative estimate of drug-likeness (QED) is 0.860. The van der Waals surface area contributed by atoms with E-state index in [2.05, 4.69) is 0 Å². The van der Waals surface area contributed by atoms with E-state index in [1.54, 1.807) is 22.9 Å². The van der Waals surface area contributed by atoms with Crippen molar-refractivity contribution in [3.63, 3.8) is 0 Å². The van der Waals surface area contributed by atoms with Gasteiger partial charge in [0.05, 0.1) is 5.60 Å². The number of carbonyl (C=O) groups is 1. The summed E-state index contributed by atoms with van der Waals surface area (Å²) in [6.45, 7) is 2.27. The van der Waals surface area contributed by atoms with Crippen LogP contribution in [0.3, 0.4) is 0 Å². The Kier molecular flexibility index (Phi) is 5.96. The van der Waals surface area contributed by atoms with Gasteiger partial charge in [0.1, 0.15) is 0 Å². The van der Waals surface area contributed by atoms with Gasteiger partial charge in [-0.05, 0) is 39.4 Å². The first-order valence-electron chi connectivity index (χ1n) is 8.20. The Morgan fingerprint density at radius 2 is 2.09 bits per heavy atom. The maximum atomic E-state index is 12.4. The zero-order chi connectivity index (χ0) is 16.9. The van der Waals surface area contributed by atoms with Gasteiger partial charge in [-0.1, -0.05) is 6.07 Å². The molecule has 1 fully saturated rings. The summed E-state index contributed by atoms with van der Waals surface area (Å²) in [5.74, 6) is 0.0508. The van der Waals surface area contributed by atoms with Crippen LogP contribution >= 0.6 is 0 Å². The summed E-state index contributed by atoms with van der Waals surface area (Å²) in [5, 5.41) is 10.6. The van der Waals surface area contributed by atoms with Crippen molar-refractivity contribution < 1.29 is 9.90 Å². The second-order valence-corrected chi connectivity index (χ2v) is 6.68. The van der Waals surface area contributed by atoms with Crippen molar-refractivity contribution in [2.24, 2.45) is 0 Å². The van der Waals surface area contributed by atoms with Crippen LogP contribution in [0.15, 0.2) is 29.2 Å². The van der Waals surface area contributed by atoms with Crippen LogP contribution in [0.1, 0.15) is 25.7 Å². The molecule has 1 amide bonds. The van der Waals surface area contributed by atoms with Gasteiger partial charge in [-0.15, -0.1) is 0 Å². The van der Waals surface area contributed by atoms with Crippen LogP contribution < -0.4 is 5.56 Å². The standard InChI is InChI=1S/C17H27N3O3/c1-18(2)14-17(23)8-5-11-20(13-9-17)16(22)7-12-19-10-4-3-6-15(19)21/h3-4,6,10,23H,5,7-9,11-14H2,1-2H3/t17-/m1/s1. The molecule has 6 nitrogen and oxygen atoms in total. The number of aliphatic hydroxyl groups is 1. The van der Waals surface area contributed by atoms with Gasteiger partial charge in [0.25, 0.3) is 5.56 Å². The molecule has 2 heterocycles. The Hall–Kier alpha value is -1.66. The first-order chi connectivity index (χ1) is 10.9. The molecule has 1 aromatic heterocycles. The van der Waals surface area contributed by atoms with E-state index in [-0.39, 0.29) is 11.5 Å². The molecule has 2 rings (SSSR count). The summed E-state index contributed by atoms with van der Waals surface area (Å²) >= 11 is 0. The molecule has 0 radical (unpaired) electrons. The highest BCUT2D eigenvalue weighted by molar-refractivity contribution is 5.76. The van der Waals surface area contributed by atoms with Gasteiger partial charge in [-0.25, -0.2) is 0 Å². The Balaban J connectivity index is 1.88. The van der Waals surface area contributed by atoms with Crippen LogP contribution in [-0.2, 0) is 11.3 Å². The molecule has 1 atom stereocenters. The highest BCUT2D eigenvalue weighted by Gasteiger charge is 2.31. The average Bonchev–Trinajstić information content (AvgIpc) is 2.67. The Labute approximate surface area is 137 Å². The second-order valence-electron chi connectivity index (χ2n) is 6.68. The highest BCUT2D eigenvalue weighted by Crippen LogP contribution is 2.23. The number of aromatic nitrogens is 1. The number of nitrogens with zero attached hydrogens (tertiary/aromatic N) is 3. The van der Waals surface area contributed by atoms with E-state index in [1.807, 2.05) is 23.9 Å². The average molecular weight is 321 g/mol. The molecular formula is C17H27N3O3. The minimum absolute atomic E-state index is 0.0508. The van der Waals surface area contributed by atoms with E-state index in [4.69, 9.17) is 0 Å². The van der Waals surface area contributed by atoms with Gasteiger partial charge in [-0.3, -0.25) is 9.59 Å². The van der Waals surface area contributed by atoms with Gasteiger partial charge in [0, 0.05) is 44.9 Å². The van der Waals surface area contributed by atoms with E-state index in [1.165, 1.54) is 6.07 Å². The molecule has 0 aromatic carbocycles. The lowest BCUT2D eigenvalue weighted by Crippen LogP contribution is -2.41. The summed E-state index contributed by atoms with van der Waals surface area (Å²) in [5.41, 5.74) is -0.800. The lowest BCUT2D eigenvalue weighted by molar-refractivity contribution is -0.131. The van der Waals surface area contributed by atoms with Crippen molar-refractivity contribution in [3.8, 4) is 0 Å². The van der Waals surface area contributed by atoms with Crippen LogP contribution in [-0.4, -0.2) is 64.7 Å². The summed E-state index contributed by atoms with van der Waals surface area (Å²) < 4.78 is 1.55. The van der Waals surface area contributed by atoms with Gasteiger partial charge < -0.3 is 19.5 Å². The lowest BCUT2D eigenvalue weighted by Gasteiger charge is -2.30. The SMILES string of the molecule is CN(C)C[C@@]1(O)CCCN(C(=O)CCn2ccccc2=O)CC1. The fraction of sp³-hybridized carbons (Fsp3) is 0.647. The van der Waals surface area contributed by atoms with Crippen molar-refractivity contribution in [2.45, 2.75) is 37.8 Å². The number of likely N-dealkylation sites (N-methyl/N-ethyl adjacent to an activating group) is 1. The minimum atomic E-state index is -0.713. The lowest BCUT2D eigenvalue weighted by atomic mass is 9.94. The van der Waals surface area contributed by atoms with Gasteiger partial charge in [-0.2, -0.15) is 0 Å². The van der Waals surface area contributed by atoms with E-state index in [0.29, 0.717) is 45.4 Å². The monoisotopic (exact) mass is 321 g/mol. The Morgan fingerprint density at radius 1 is 1.30 bits per heavy atom. The molecular weight excluding hydrogens is 294 g/mol. The molecule has 0 bridgehead atoms. The van der Waals surface area contributed by atoms with Gasteiger partial charge in [0.2, 0.25) is 5.91 Å². The molecule has 0 unspecified atom stereocenters. The Bertz CT molecular complexity index is 584. The van der Waals surface area contributed by atoms with E-state index in [9.17, 15) is 14.7 Å². The van der Waals surface area contributed by atoms with Gasteiger partial charge in [0.15, 0.2) is 0 Å². The van der Waals surface area contributed by atoms with Crippen LogP contribution in [0.25, 0.3) is 0 Å². The van der Waals surface area contributed by atoms with Crippen LogP contribution in [0, 0.1) is 0 Å². The fourth-order valence-corrected chi connectivity index (χ4v) is 3.19. The van der Waals surface area contributed by atoms with Crippen molar-refractivity contribution in [2.75, 3.05) is 33.7 Å². The van der Waals surface area contributed by atoms with E-state index >= 15 is 0 Å². The number of pyridine rings is 1. The highest BCUT2D eigenvalue weighted by atomic mass is 16.3. The second kappa shape index (κ2) is 7.75. The zero-order valence-electron chi connectivity index (χ0n) is 14.1. The number of likely N-dealkylation sites (tertiary alicyclic amines) is 1. The largest absolute Gasteiger partial charge is 0.388 e. The first-order valence-corrected chi connectivity index (χ1v) is 8.20. The first kappa shape index (κ1) is 17.7. The summed E-state index contributed by atoms with van der Waals surface area (Å²) in [6.07, 6.45) is 4.14. The maximum absolute atomic E-state index is 12.4. The molecule has 1 aliphatic rings. The third-order valence-electron chi connectivity index (χ3n) is 4.35. The Morgan fingerprint density at radius 3 is 2.78 bits per heavy atom.